The van der Waals surface area contributed by atoms with E-state index in [1.165, 1.54) is 7.11 Å². The Balaban J connectivity index is 2.00. The molecule has 1 heterocycles. The van der Waals surface area contributed by atoms with Gasteiger partial charge in [-0.05, 0) is 39.0 Å². The predicted molar refractivity (Wildman–Crippen MR) is 106 cm³/mol. The second kappa shape index (κ2) is 6.60. The summed E-state index contributed by atoms with van der Waals surface area (Å²) in [6, 6.07) is 17.4. The fraction of sp³-hybridized carbons (Fsp3) is 0.143. The van der Waals surface area contributed by atoms with Crippen molar-refractivity contribution >= 4 is 32.6 Å². The Kier molecular flexibility index (Phi) is 4.25. The van der Waals surface area contributed by atoms with E-state index in [0.717, 1.165) is 21.9 Å². The molecule has 0 aromatic heterocycles. The third-order valence-electron chi connectivity index (χ3n) is 4.84. The number of nitriles is 1. The maximum Gasteiger partial charge on any atom is 0.205 e. The number of phenolic OH excluding ortho intramolecular Hbond substituents is 1. The van der Waals surface area contributed by atoms with Gasteiger partial charge in [0.2, 0.25) is 5.90 Å². The molecule has 2 N–H and O–H groups in total. The molecule has 27 heavy (non-hydrogen) atoms. The molecule has 1 aliphatic heterocycles. The van der Waals surface area contributed by atoms with E-state index in [0.29, 0.717) is 16.0 Å². The molecule has 4 rings (SSSR count). The first kappa shape index (κ1) is 17.4. The molecule has 0 saturated carbocycles. The summed E-state index contributed by atoms with van der Waals surface area (Å²) in [5.74, 6) is -0.388. The first-order valence-corrected chi connectivity index (χ1v) is 9.08. The highest BCUT2D eigenvalue weighted by atomic mass is 79.9. The number of hydrogen-bond donors (Lipinski definition) is 2. The van der Waals surface area contributed by atoms with Crippen LogP contribution in [0, 0.1) is 22.7 Å². The summed E-state index contributed by atoms with van der Waals surface area (Å²) in [5, 5.41) is 30.0. The van der Waals surface area contributed by atoms with Gasteiger partial charge in [0, 0.05) is 16.9 Å². The number of aromatic hydroxyl groups is 1. The van der Waals surface area contributed by atoms with Crippen LogP contribution in [0.4, 0.5) is 0 Å². The molecule has 0 aliphatic carbocycles. The van der Waals surface area contributed by atoms with Gasteiger partial charge < -0.3 is 14.6 Å². The van der Waals surface area contributed by atoms with Crippen LogP contribution >= 0.6 is 15.9 Å². The minimum atomic E-state index is -0.778. The van der Waals surface area contributed by atoms with Crippen LogP contribution in [-0.2, 0) is 0 Å². The van der Waals surface area contributed by atoms with Crippen LogP contribution in [0.5, 0.6) is 17.2 Å². The number of hydrogen-bond acceptors (Lipinski definition) is 5. The molecule has 1 aliphatic rings. The van der Waals surface area contributed by atoms with Crippen molar-refractivity contribution in [2.24, 2.45) is 5.92 Å². The molecule has 2 atom stereocenters. The van der Waals surface area contributed by atoms with Gasteiger partial charge in [-0.1, -0.05) is 36.4 Å². The number of methoxy groups -OCH3 is 1. The molecule has 0 saturated heterocycles. The first-order chi connectivity index (χ1) is 13.0. The van der Waals surface area contributed by atoms with Gasteiger partial charge in [0.1, 0.15) is 11.7 Å². The molecule has 3 aromatic carbocycles. The van der Waals surface area contributed by atoms with E-state index in [9.17, 15) is 10.4 Å². The van der Waals surface area contributed by atoms with Crippen molar-refractivity contribution in [3.8, 4) is 23.3 Å². The van der Waals surface area contributed by atoms with Gasteiger partial charge in [-0.2, -0.15) is 5.26 Å². The average molecular weight is 423 g/mol. The number of ether oxygens (including phenoxy) is 2. The Labute approximate surface area is 164 Å². The minimum absolute atomic E-state index is 0.00405. The van der Waals surface area contributed by atoms with Crippen LogP contribution < -0.4 is 9.47 Å². The Hall–Kier alpha value is -3.04. The normalized spacial score (nSPS) is 18.5. The van der Waals surface area contributed by atoms with Crippen LogP contribution in [0.1, 0.15) is 17.0 Å². The Bertz CT molecular complexity index is 1120. The SMILES string of the molecule is COc1cc(C2c3ccc4ccccc4c3OC(=N)C2C#N)cc(Br)c1O. The molecular weight excluding hydrogens is 408 g/mol. The highest BCUT2D eigenvalue weighted by molar-refractivity contribution is 9.10. The summed E-state index contributed by atoms with van der Waals surface area (Å²) in [4.78, 5) is 0. The summed E-state index contributed by atoms with van der Waals surface area (Å²) >= 11 is 3.34. The van der Waals surface area contributed by atoms with Gasteiger partial charge >= 0.3 is 0 Å². The van der Waals surface area contributed by atoms with E-state index in [2.05, 4.69) is 22.0 Å². The lowest BCUT2D eigenvalue weighted by atomic mass is 9.78. The van der Waals surface area contributed by atoms with E-state index < -0.39 is 11.8 Å². The van der Waals surface area contributed by atoms with Crippen molar-refractivity contribution in [2.45, 2.75) is 5.92 Å². The van der Waals surface area contributed by atoms with Crippen LogP contribution in [0.2, 0.25) is 0 Å². The summed E-state index contributed by atoms with van der Waals surface area (Å²) in [5.41, 5.74) is 1.59. The molecule has 0 amide bonds. The van der Waals surface area contributed by atoms with Crippen molar-refractivity contribution in [1.82, 2.24) is 0 Å². The third-order valence-corrected chi connectivity index (χ3v) is 5.45. The van der Waals surface area contributed by atoms with Crippen LogP contribution in [0.3, 0.4) is 0 Å². The Morgan fingerprint density at radius 1 is 1.22 bits per heavy atom. The van der Waals surface area contributed by atoms with E-state index in [1.54, 1.807) is 12.1 Å². The molecule has 3 aromatic rings. The van der Waals surface area contributed by atoms with Gasteiger partial charge in [-0.15, -0.1) is 0 Å². The molecule has 134 valence electrons. The lowest BCUT2D eigenvalue weighted by Gasteiger charge is -2.31. The molecular formula is C21H15BrN2O3. The van der Waals surface area contributed by atoms with Gasteiger partial charge in [-0.3, -0.25) is 5.41 Å². The van der Waals surface area contributed by atoms with Crippen molar-refractivity contribution in [3.05, 3.63) is 64.1 Å². The molecule has 5 nitrogen and oxygen atoms in total. The van der Waals surface area contributed by atoms with Gasteiger partial charge in [0.15, 0.2) is 11.5 Å². The smallest absolute Gasteiger partial charge is 0.205 e. The van der Waals surface area contributed by atoms with Crippen LogP contribution in [0.25, 0.3) is 10.8 Å². The number of nitrogens with zero attached hydrogens (tertiary/aromatic N) is 1. The zero-order chi connectivity index (χ0) is 19.1. The molecule has 0 fully saturated rings. The van der Waals surface area contributed by atoms with Crippen LogP contribution in [-0.4, -0.2) is 18.1 Å². The zero-order valence-electron chi connectivity index (χ0n) is 14.4. The molecule has 6 heteroatoms. The van der Waals surface area contributed by atoms with E-state index >= 15 is 0 Å². The number of benzene rings is 3. The van der Waals surface area contributed by atoms with Crippen molar-refractivity contribution in [1.29, 1.82) is 10.7 Å². The minimum Gasteiger partial charge on any atom is -0.503 e. The molecule has 0 bridgehead atoms. The topological polar surface area (TPSA) is 86.3 Å². The fourth-order valence-corrected chi connectivity index (χ4v) is 4.02. The maximum atomic E-state index is 10.1. The summed E-state index contributed by atoms with van der Waals surface area (Å²) in [7, 11) is 1.47. The second-order valence-corrected chi connectivity index (χ2v) is 7.16. The summed E-state index contributed by atoms with van der Waals surface area (Å²) in [6.07, 6.45) is 0. The van der Waals surface area contributed by atoms with Crippen molar-refractivity contribution in [2.75, 3.05) is 7.11 Å². The van der Waals surface area contributed by atoms with Gasteiger partial charge in [-0.25, -0.2) is 0 Å². The highest BCUT2D eigenvalue weighted by Crippen LogP contribution is 2.47. The van der Waals surface area contributed by atoms with Crippen LogP contribution in [0.15, 0.2) is 53.0 Å². The Morgan fingerprint density at radius 2 is 2.00 bits per heavy atom. The third kappa shape index (κ3) is 2.71. The zero-order valence-corrected chi connectivity index (χ0v) is 15.9. The van der Waals surface area contributed by atoms with Gasteiger partial charge in [0.25, 0.3) is 0 Å². The van der Waals surface area contributed by atoms with Crippen molar-refractivity contribution in [3.63, 3.8) is 0 Å². The predicted octanol–water partition coefficient (Wildman–Crippen LogP) is 4.96. The fourth-order valence-electron chi connectivity index (χ4n) is 3.56. The lowest BCUT2D eigenvalue weighted by Crippen LogP contribution is -2.31. The second-order valence-electron chi connectivity index (χ2n) is 6.31. The largest absolute Gasteiger partial charge is 0.503 e. The van der Waals surface area contributed by atoms with Crippen molar-refractivity contribution < 1.29 is 14.6 Å². The average Bonchev–Trinajstić information content (AvgIpc) is 2.68. The van der Waals surface area contributed by atoms with Gasteiger partial charge in [0.05, 0.1) is 17.7 Å². The monoisotopic (exact) mass is 422 g/mol. The standard InChI is InChI=1S/C21H15BrN2O3/c1-26-17-9-12(8-16(22)19(17)25)18-14-7-6-11-4-2-3-5-13(11)20(14)27-21(24)15(18)10-23/h2-9,15,18,24-25H,1H3. The summed E-state index contributed by atoms with van der Waals surface area (Å²) in [6.45, 7) is 0. The Morgan fingerprint density at radius 3 is 2.74 bits per heavy atom. The number of halogens is 1. The van der Waals surface area contributed by atoms with E-state index in [1.807, 2.05) is 36.4 Å². The number of phenols is 1. The molecule has 0 spiro atoms. The molecule has 0 radical (unpaired) electrons. The number of fused-ring (bicyclic) bond motifs is 3. The van der Waals surface area contributed by atoms with E-state index in [4.69, 9.17) is 14.9 Å². The van der Waals surface area contributed by atoms with E-state index in [-0.39, 0.29) is 11.6 Å². The maximum absolute atomic E-state index is 10.1. The quantitative estimate of drug-likeness (QED) is 0.610. The summed E-state index contributed by atoms with van der Waals surface area (Å²) < 4.78 is 11.5. The number of nitrogens with one attached hydrogen (secondary N) is 1. The lowest BCUT2D eigenvalue weighted by molar-refractivity contribution is 0.370. The highest BCUT2D eigenvalue weighted by Gasteiger charge is 2.38. The number of rotatable bonds is 2. The molecule has 2 unspecified atom stereocenters. The first-order valence-electron chi connectivity index (χ1n) is 8.29.